The summed E-state index contributed by atoms with van der Waals surface area (Å²) < 4.78 is 0. The fourth-order valence-corrected chi connectivity index (χ4v) is 2.23. The van der Waals surface area contributed by atoms with E-state index in [9.17, 15) is 0 Å². The third-order valence-electron chi connectivity index (χ3n) is 3.49. The lowest BCUT2D eigenvalue weighted by molar-refractivity contribution is 1.34. The molecule has 0 unspecified atom stereocenters. The van der Waals surface area contributed by atoms with Gasteiger partial charge in [0.25, 0.3) is 0 Å². The number of hydrogen-bond acceptors (Lipinski definition) is 1. The van der Waals surface area contributed by atoms with Gasteiger partial charge in [0.2, 0.25) is 0 Å². The number of hydrogen-bond donors (Lipinski definition) is 0. The van der Waals surface area contributed by atoms with Crippen molar-refractivity contribution >= 4 is 12.6 Å². The molecule has 2 rings (SSSR count). The summed E-state index contributed by atoms with van der Waals surface area (Å²) >= 11 is 0. The van der Waals surface area contributed by atoms with Gasteiger partial charge in [-0.05, 0) is 23.4 Å². The molecule has 0 fully saturated rings. The van der Waals surface area contributed by atoms with Crippen LogP contribution in [0, 0.1) is 0 Å². The van der Waals surface area contributed by atoms with E-state index in [0.29, 0.717) is 11.5 Å². The van der Waals surface area contributed by atoms with Gasteiger partial charge in [-0.2, -0.15) is 0 Å². The number of allylic oxidation sites excluding steroid dienone is 3. The normalized spacial score (nSPS) is 11.7. The van der Waals surface area contributed by atoms with Crippen LogP contribution in [0.15, 0.2) is 114 Å². The van der Waals surface area contributed by atoms with Gasteiger partial charge in [0, 0.05) is 5.56 Å². The second kappa shape index (κ2) is 8.39. The van der Waals surface area contributed by atoms with Crippen LogP contribution in [0.1, 0.15) is 5.56 Å². The van der Waals surface area contributed by atoms with Crippen molar-refractivity contribution < 1.29 is 0 Å². The molecule has 0 spiro atoms. The minimum absolute atomic E-state index is 0.524. The summed E-state index contributed by atoms with van der Waals surface area (Å²) in [4.78, 5) is 8.49. The Kier molecular flexibility index (Phi) is 5.98. The largest absolute Gasteiger partial charge is 0.245 e. The highest BCUT2D eigenvalue weighted by molar-refractivity contribution is 6.02. The van der Waals surface area contributed by atoms with Gasteiger partial charge in [0.15, 0.2) is 5.84 Å². The van der Waals surface area contributed by atoms with Gasteiger partial charge in [-0.3, -0.25) is 0 Å². The van der Waals surface area contributed by atoms with Crippen molar-refractivity contribution in [3.05, 3.63) is 109 Å². The van der Waals surface area contributed by atoms with Gasteiger partial charge in [-0.15, -0.1) is 0 Å². The average Bonchev–Trinajstić information content (AvgIpc) is 2.65. The quantitative estimate of drug-likeness (QED) is 0.376. The highest BCUT2D eigenvalue weighted by Gasteiger charge is 2.05. The molecule has 0 atom stereocenters. The molecule has 0 saturated heterocycles. The topological polar surface area (TPSA) is 24.7 Å². The highest BCUT2D eigenvalue weighted by Crippen LogP contribution is 2.20. The fourth-order valence-electron chi connectivity index (χ4n) is 2.23. The van der Waals surface area contributed by atoms with E-state index in [4.69, 9.17) is 0 Å². The van der Waals surface area contributed by atoms with Gasteiger partial charge in [-0.1, -0.05) is 92.6 Å². The number of aliphatic imine (C=N–C) groups is 2. The van der Waals surface area contributed by atoms with Crippen LogP contribution in [-0.2, 0) is 0 Å². The Bertz CT molecular complexity index is 807. The van der Waals surface area contributed by atoms with Crippen LogP contribution in [0.25, 0.3) is 11.1 Å². The minimum Gasteiger partial charge on any atom is -0.245 e. The molecule has 0 aromatic heterocycles. The molecule has 0 heterocycles. The van der Waals surface area contributed by atoms with Crippen LogP contribution in [0.3, 0.4) is 0 Å². The van der Waals surface area contributed by atoms with Crippen LogP contribution >= 0.6 is 0 Å². The van der Waals surface area contributed by atoms with E-state index in [1.807, 2.05) is 42.5 Å². The summed E-state index contributed by atoms with van der Waals surface area (Å²) in [5, 5.41) is 0. The maximum Gasteiger partial charge on any atom is 0.159 e. The molecule has 0 bridgehead atoms. The Balaban J connectivity index is 2.31. The summed E-state index contributed by atoms with van der Waals surface area (Å²) in [6.07, 6.45) is 5.16. The molecule has 0 aliphatic rings. The van der Waals surface area contributed by atoms with E-state index in [0.717, 1.165) is 16.7 Å². The zero-order valence-electron chi connectivity index (χ0n) is 13.7. The van der Waals surface area contributed by atoms with E-state index in [2.05, 4.69) is 48.6 Å². The molecule has 24 heavy (non-hydrogen) atoms. The lowest BCUT2D eigenvalue weighted by atomic mass is 10.0. The predicted molar refractivity (Wildman–Crippen MR) is 106 cm³/mol. The molecular weight excluding hydrogens is 292 g/mol. The Hall–Kier alpha value is -3.26. The summed E-state index contributed by atoms with van der Waals surface area (Å²) in [7, 11) is 0. The Labute approximate surface area is 143 Å². The molecule has 2 aromatic carbocycles. The standard InChI is InChI=1S/C22H20N2/c1-5-10-18(6-2)17(3)24-22(23-4)21-15-13-20(14-16-21)19-11-8-7-9-12-19/h5-16H,1-4H2/b18-10+,24-22?. The lowest BCUT2D eigenvalue weighted by Gasteiger charge is -2.06. The molecular formula is C22H20N2. The molecule has 0 saturated carbocycles. The molecule has 2 aromatic rings. The number of nitrogens with zero attached hydrogens (tertiary/aromatic N) is 2. The molecule has 0 N–H and O–H groups in total. The summed E-state index contributed by atoms with van der Waals surface area (Å²) in [6, 6.07) is 18.3. The Morgan fingerprint density at radius 1 is 0.875 bits per heavy atom. The number of rotatable bonds is 6. The van der Waals surface area contributed by atoms with Crippen LogP contribution < -0.4 is 0 Å². The molecule has 2 heteroatoms. The van der Waals surface area contributed by atoms with Crippen molar-refractivity contribution in [2.45, 2.75) is 0 Å². The fraction of sp³-hybridized carbons (Fsp3) is 0. The first-order chi connectivity index (χ1) is 11.7. The van der Waals surface area contributed by atoms with Gasteiger partial charge >= 0.3 is 0 Å². The molecule has 2 nitrogen and oxygen atoms in total. The smallest absolute Gasteiger partial charge is 0.159 e. The van der Waals surface area contributed by atoms with Crippen molar-refractivity contribution in [2.75, 3.05) is 0 Å². The van der Waals surface area contributed by atoms with E-state index in [1.165, 1.54) is 5.56 Å². The van der Waals surface area contributed by atoms with Crippen molar-refractivity contribution in [2.24, 2.45) is 9.98 Å². The van der Waals surface area contributed by atoms with Gasteiger partial charge < -0.3 is 0 Å². The summed E-state index contributed by atoms with van der Waals surface area (Å²) in [5.41, 5.74) is 4.56. The van der Waals surface area contributed by atoms with Crippen LogP contribution in [-0.4, -0.2) is 12.6 Å². The Morgan fingerprint density at radius 3 is 2.04 bits per heavy atom. The van der Waals surface area contributed by atoms with Crippen molar-refractivity contribution in [1.82, 2.24) is 0 Å². The highest BCUT2D eigenvalue weighted by atomic mass is 14.9. The predicted octanol–water partition coefficient (Wildman–Crippen LogP) is 5.61. The number of amidine groups is 1. The lowest BCUT2D eigenvalue weighted by Crippen LogP contribution is -1.98. The van der Waals surface area contributed by atoms with E-state index >= 15 is 0 Å². The third kappa shape index (κ3) is 4.14. The van der Waals surface area contributed by atoms with Crippen LogP contribution in [0.2, 0.25) is 0 Å². The average molecular weight is 312 g/mol. The second-order valence-electron chi connectivity index (χ2n) is 5.05. The van der Waals surface area contributed by atoms with Crippen molar-refractivity contribution in [3.63, 3.8) is 0 Å². The molecule has 0 aliphatic heterocycles. The minimum atomic E-state index is 0.524. The maximum absolute atomic E-state index is 4.46. The van der Waals surface area contributed by atoms with Gasteiger partial charge in [0.1, 0.15) is 0 Å². The monoisotopic (exact) mass is 312 g/mol. The first-order valence-electron chi connectivity index (χ1n) is 7.55. The summed E-state index contributed by atoms with van der Waals surface area (Å²) in [6.45, 7) is 15.0. The molecule has 0 aliphatic carbocycles. The Morgan fingerprint density at radius 2 is 1.50 bits per heavy atom. The van der Waals surface area contributed by atoms with E-state index < -0.39 is 0 Å². The van der Waals surface area contributed by atoms with Crippen molar-refractivity contribution in [1.29, 1.82) is 0 Å². The zero-order valence-corrected chi connectivity index (χ0v) is 13.7. The third-order valence-corrected chi connectivity index (χ3v) is 3.49. The van der Waals surface area contributed by atoms with Gasteiger partial charge in [0.05, 0.1) is 5.70 Å². The van der Waals surface area contributed by atoms with E-state index in [1.54, 1.807) is 18.2 Å². The molecule has 0 amide bonds. The molecule has 118 valence electrons. The van der Waals surface area contributed by atoms with Crippen LogP contribution in [0.4, 0.5) is 0 Å². The second-order valence-corrected chi connectivity index (χ2v) is 5.05. The molecule has 0 radical (unpaired) electrons. The SMILES string of the molecule is C=C/C=C(\C=C)C(=C)N=C(N=C)c1ccc(-c2ccccc2)cc1. The maximum atomic E-state index is 4.46. The van der Waals surface area contributed by atoms with E-state index in [-0.39, 0.29) is 0 Å². The van der Waals surface area contributed by atoms with Gasteiger partial charge in [-0.25, -0.2) is 9.98 Å². The number of benzene rings is 2. The van der Waals surface area contributed by atoms with Crippen molar-refractivity contribution in [3.8, 4) is 11.1 Å². The van der Waals surface area contributed by atoms with Crippen LogP contribution in [0.5, 0.6) is 0 Å². The first-order valence-corrected chi connectivity index (χ1v) is 7.55. The summed E-state index contributed by atoms with van der Waals surface area (Å²) in [5.74, 6) is 0.524. The first kappa shape index (κ1) is 17.1. The zero-order chi connectivity index (χ0) is 17.4.